The third kappa shape index (κ3) is 3.36. The molecule has 0 radical (unpaired) electrons. The van der Waals surface area contributed by atoms with E-state index in [1.165, 1.54) is 13.1 Å². The standard InChI is InChI=1S/C20H18N2O3/c1-20(25,15-8-3-2-4-9-15)19(24)22-21-13-17-16-10-6-5-7-14(16)11-12-18(17)23/h2-13,23,25H,1H3,(H,22,24). The van der Waals surface area contributed by atoms with Gasteiger partial charge in [0.1, 0.15) is 5.75 Å². The molecule has 0 aliphatic heterocycles. The molecule has 3 aromatic carbocycles. The first-order valence-corrected chi connectivity index (χ1v) is 7.82. The Labute approximate surface area is 145 Å². The van der Waals surface area contributed by atoms with Crippen LogP contribution >= 0.6 is 0 Å². The molecule has 0 aliphatic carbocycles. The van der Waals surface area contributed by atoms with E-state index in [2.05, 4.69) is 10.5 Å². The van der Waals surface area contributed by atoms with Gasteiger partial charge >= 0.3 is 0 Å². The van der Waals surface area contributed by atoms with Gasteiger partial charge in [-0.3, -0.25) is 4.79 Å². The first-order chi connectivity index (χ1) is 12.0. The van der Waals surface area contributed by atoms with Crippen LogP contribution in [-0.2, 0) is 10.4 Å². The van der Waals surface area contributed by atoms with Gasteiger partial charge in [0.05, 0.1) is 6.21 Å². The summed E-state index contributed by atoms with van der Waals surface area (Å²) in [6.07, 6.45) is 1.37. The Bertz CT molecular complexity index is 934. The Morgan fingerprint density at radius 1 is 1.04 bits per heavy atom. The SMILES string of the molecule is CC(O)(C(=O)NN=Cc1c(O)ccc2ccccc12)c1ccccc1. The minimum atomic E-state index is -1.71. The zero-order valence-corrected chi connectivity index (χ0v) is 13.7. The molecule has 0 aliphatic rings. The van der Waals surface area contributed by atoms with Crippen molar-refractivity contribution in [1.82, 2.24) is 5.43 Å². The zero-order chi connectivity index (χ0) is 17.9. The van der Waals surface area contributed by atoms with E-state index in [-0.39, 0.29) is 5.75 Å². The number of nitrogens with one attached hydrogen (secondary N) is 1. The lowest BCUT2D eigenvalue weighted by Gasteiger charge is -2.21. The number of nitrogens with zero attached hydrogens (tertiary/aromatic N) is 1. The molecule has 3 N–H and O–H groups in total. The van der Waals surface area contributed by atoms with Crippen LogP contribution in [0.1, 0.15) is 18.1 Å². The predicted molar refractivity (Wildman–Crippen MR) is 97.4 cm³/mol. The fourth-order valence-corrected chi connectivity index (χ4v) is 2.58. The average molecular weight is 334 g/mol. The van der Waals surface area contributed by atoms with Crippen LogP contribution in [0.25, 0.3) is 10.8 Å². The number of rotatable bonds is 4. The molecule has 126 valence electrons. The van der Waals surface area contributed by atoms with Gasteiger partial charge in [0, 0.05) is 5.56 Å². The Morgan fingerprint density at radius 3 is 2.48 bits per heavy atom. The summed E-state index contributed by atoms with van der Waals surface area (Å²) in [6, 6.07) is 19.5. The number of carbonyl (C=O) groups excluding carboxylic acids is 1. The van der Waals surface area contributed by atoms with Crippen molar-refractivity contribution in [2.24, 2.45) is 5.10 Å². The van der Waals surface area contributed by atoms with Crippen LogP contribution in [-0.4, -0.2) is 22.3 Å². The molecule has 0 fully saturated rings. The highest BCUT2D eigenvalue weighted by molar-refractivity contribution is 6.02. The second kappa shape index (κ2) is 6.75. The molecule has 0 bridgehead atoms. The van der Waals surface area contributed by atoms with Crippen LogP contribution < -0.4 is 5.43 Å². The number of benzene rings is 3. The van der Waals surface area contributed by atoms with Crippen molar-refractivity contribution in [2.75, 3.05) is 0 Å². The Morgan fingerprint density at radius 2 is 1.72 bits per heavy atom. The van der Waals surface area contributed by atoms with E-state index in [1.807, 2.05) is 24.3 Å². The molecule has 0 saturated heterocycles. The van der Waals surface area contributed by atoms with Gasteiger partial charge < -0.3 is 10.2 Å². The average Bonchev–Trinajstić information content (AvgIpc) is 2.64. The van der Waals surface area contributed by atoms with E-state index in [4.69, 9.17) is 0 Å². The van der Waals surface area contributed by atoms with Gasteiger partial charge in [0.2, 0.25) is 0 Å². The topological polar surface area (TPSA) is 81.9 Å². The highest BCUT2D eigenvalue weighted by Crippen LogP contribution is 2.25. The summed E-state index contributed by atoms with van der Waals surface area (Å²) in [7, 11) is 0. The molecule has 0 saturated carbocycles. The lowest BCUT2D eigenvalue weighted by molar-refractivity contribution is -0.138. The number of phenolic OH excluding ortho intramolecular Hbond substituents is 1. The number of hydrogen-bond donors (Lipinski definition) is 3. The lowest BCUT2D eigenvalue weighted by Crippen LogP contribution is -2.40. The summed E-state index contributed by atoms with van der Waals surface area (Å²) in [6.45, 7) is 1.41. The molecule has 1 unspecified atom stereocenters. The zero-order valence-electron chi connectivity index (χ0n) is 13.7. The van der Waals surface area contributed by atoms with Crippen molar-refractivity contribution < 1.29 is 15.0 Å². The van der Waals surface area contributed by atoms with E-state index in [0.717, 1.165) is 10.8 Å². The molecule has 5 nitrogen and oxygen atoms in total. The number of carbonyl (C=O) groups is 1. The molecule has 25 heavy (non-hydrogen) atoms. The van der Waals surface area contributed by atoms with Crippen molar-refractivity contribution in [3.8, 4) is 5.75 Å². The number of amides is 1. The van der Waals surface area contributed by atoms with Crippen LogP contribution in [0.2, 0.25) is 0 Å². The molecule has 3 rings (SSSR count). The Kier molecular flexibility index (Phi) is 4.50. The van der Waals surface area contributed by atoms with E-state index in [0.29, 0.717) is 11.1 Å². The monoisotopic (exact) mass is 334 g/mol. The second-order valence-corrected chi connectivity index (χ2v) is 5.86. The molecular weight excluding hydrogens is 316 g/mol. The van der Waals surface area contributed by atoms with E-state index in [1.54, 1.807) is 42.5 Å². The summed E-state index contributed by atoms with van der Waals surface area (Å²) < 4.78 is 0. The van der Waals surface area contributed by atoms with Gasteiger partial charge in [-0.15, -0.1) is 0 Å². The van der Waals surface area contributed by atoms with E-state index >= 15 is 0 Å². The third-order valence-electron chi connectivity index (χ3n) is 4.09. The quantitative estimate of drug-likeness (QED) is 0.507. The second-order valence-electron chi connectivity index (χ2n) is 5.86. The summed E-state index contributed by atoms with van der Waals surface area (Å²) in [4.78, 5) is 12.3. The maximum atomic E-state index is 12.3. The maximum Gasteiger partial charge on any atom is 0.276 e. The fourth-order valence-electron chi connectivity index (χ4n) is 2.58. The summed E-state index contributed by atoms with van der Waals surface area (Å²) in [5.74, 6) is -0.596. The van der Waals surface area contributed by atoms with Crippen LogP contribution in [0.15, 0.2) is 71.8 Å². The summed E-state index contributed by atoms with van der Waals surface area (Å²) in [5.41, 5.74) is 1.59. The Balaban J connectivity index is 1.82. The van der Waals surface area contributed by atoms with Gasteiger partial charge in [0.15, 0.2) is 5.60 Å². The molecular formula is C20H18N2O3. The molecule has 3 aromatic rings. The molecule has 1 amide bonds. The highest BCUT2D eigenvalue weighted by atomic mass is 16.3. The van der Waals surface area contributed by atoms with Gasteiger partial charge in [-0.2, -0.15) is 5.10 Å². The summed E-state index contributed by atoms with van der Waals surface area (Å²) >= 11 is 0. The van der Waals surface area contributed by atoms with Gasteiger partial charge in [-0.1, -0.05) is 60.7 Å². The van der Waals surface area contributed by atoms with Gasteiger partial charge in [-0.25, -0.2) is 5.43 Å². The first kappa shape index (κ1) is 16.7. The normalized spacial score (nSPS) is 13.7. The van der Waals surface area contributed by atoms with Gasteiger partial charge in [-0.05, 0) is 29.3 Å². The minimum Gasteiger partial charge on any atom is -0.507 e. The molecule has 1 atom stereocenters. The molecule has 0 aromatic heterocycles. The number of hydrazone groups is 1. The number of aromatic hydroxyl groups is 1. The number of hydrogen-bond acceptors (Lipinski definition) is 4. The van der Waals surface area contributed by atoms with E-state index < -0.39 is 11.5 Å². The molecule has 0 spiro atoms. The fraction of sp³-hybridized carbons (Fsp3) is 0.100. The van der Waals surface area contributed by atoms with Crippen molar-refractivity contribution >= 4 is 22.9 Å². The molecule has 0 heterocycles. The number of phenols is 1. The summed E-state index contributed by atoms with van der Waals surface area (Å²) in [5, 5.41) is 26.2. The maximum absolute atomic E-state index is 12.3. The molecule has 5 heteroatoms. The van der Waals surface area contributed by atoms with Crippen LogP contribution in [0.4, 0.5) is 0 Å². The van der Waals surface area contributed by atoms with Crippen molar-refractivity contribution in [3.05, 3.63) is 77.9 Å². The third-order valence-corrected chi connectivity index (χ3v) is 4.09. The minimum absolute atomic E-state index is 0.0616. The van der Waals surface area contributed by atoms with Crippen LogP contribution in [0.5, 0.6) is 5.75 Å². The lowest BCUT2D eigenvalue weighted by atomic mass is 9.95. The largest absolute Gasteiger partial charge is 0.507 e. The Hall–Kier alpha value is -3.18. The van der Waals surface area contributed by atoms with Crippen LogP contribution in [0, 0.1) is 0 Å². The highest BCUT2D eigenvalue weighted by Gasteiger charge is 2.32. The van der Waals surface area contributed by atoms with E-state index in [9.17, 15) is 15.0 Å². The van der Waals surface area contributed by atoms with Crippen molar-refractivity contribution in [3.63, 3.8) is 0 Å². The van der Waals surface area contributed by atoms with Crippen LogP contribution in [0.3, 0.4) is 0 Å². The van der Waals surface area contributed by atoms with Crippen molar-refractivity contribution in [1.29, 1.82) is 0 Å². The smallest absolute Gasteiger partial charge is 0.276 e. The number of fused-ring (bicyclic) bond motifs is 1. The number of aliphatic hydroxyl groups is 1. The van der Waals surface area contributed by atoms with Crippen molar-refractivity contribution in [2.45, 2.75) is 12.5 Å². The van der Waals surface area contributed by atoms with Gasteiger partial charge in [0.25, 0.3) is 5.91 Å². The predicted octanol–water partition coefficient (Wildman–Crippen LogP) is 2.90. The first-order valence-electron chi connectivity index (χ1n) is 7.82.